The van der Waals surface area contributed by atoms with Gasteiger partial charge in [0, 0.05) is 29.8 Å². The topological polar surface area (TPSA) is 67.6 Å². The number of carbonyl (C=O) groups is 1. The fourth-order valence-electron chi connectivity index (χ4n) is 2.25. The molecule has 1 atom stereocenters. The van der Waals surface area contributed by atoms with Gasteiger partial charge in [-0.25, -0.2) is 0 Å². The van der Waals surface area contributed by atoms with Gasteiger partial charge < -0.3 is 15.8 Å². The molecule has 110 valence electrons. The van der Waals surface area contributed by atoms with Crippen LogP contribution in [0.1, 0.15) is 6.92 Å². The predicted molar refractivity (Wildman–Crippen MR) is 84.4 cm³/mol. The number of nitrogens with two attached hydrogens (primary N) is 1. The number of nitrogen functional groups attached to an aromatic ring is 1. The summed E-state index contributed by atoms with van der Waals surface area (Å²) in [6.45, 7) is 4.50. The molecule has 20 heavy (non-hydrogen) atoms. The van der Waals surface area contributed by atoms with E-state index in [2.05, 4.69) is 17.1 Å². The first kappa shape index (κ1) is 15.0. The van der Waals surface area contributed by atoms with Crippen LogP contribution in [-0.4, -0.2) is 48.6 Å². The van der Waals surface area contributed by atoms with Crippen molar-refractivity contribution in [1.29, 1.82) is 0 Å². The molecule has 6 heteroatoms. The van der Waals surface area contributed by atoms with Gasteiger partial charge in [0.2, 0.25) is 5.91 Å². The second-order valence-electron chi connectivity index (χ2n) is 4.92. The molecule has 5 nitrogen and oxygen atoms in total. The SMILES string of the molecule is COc1ccc(N)cc1NC(=O)CN1CCSC(C)C1. The van der Waals surface area contributed by atoms with Crippen LogP contribution in [0.5, 0.6) is 5.75 Å². The Labute approximate surface area is 123 Å². The number of thioether (sulfide) groups is 1. The first-order valence-corrected chi connectivity index (χ1v) is 7.70. The smallest absolute Gasteiger partial charge is 0.238 e. The summed E-state index contributed by atoms with van der Waals surface area (Å²) in [5.41, 5.74) is 6.96. The van der Waals surface area contributed by atoms with Crippen molar-refractivity contribution in [2.24, 2.45) is 0 Å². The maximum Gasteiger partial charge on any atom is 0.238 e. The number of ether oxygens (including phenoxy) is 1. The van der Waals surface area contributed by atoms with E-state index in [1.54, 1.807) is 25.3 Å². The van der Waals surface area contributed by atoms with E-state index < -0.39 is 0 Å². The van der Waals surface area contributed by atoms with E-state index >= 15 is 0 Å². The summed E-state index contributed by atoms with van der Waals surface area (Å²) in [6, 6.07) is 5.22. The Bertz CT molecular complexity index is 481. The summed E-state index contributed by atoms with van der Waals surface area (Å²) in [6.07, 6.45) is 0. The van der Waals surface area contributed by atoms with Crippen molar-refractivity contribution in [2.45, 2.75) is 12.2 Å². The average molecular weight is 295 g/mol. The number of methoxy groups -OCH3 is 1. The lowest BCUT2D eigenvalue weighted by molar-refractivity contribution is -0.117. The molecule has 1 unspecified atom stereocenters. The molecule has 1 aliphatic heterocycles. The van der Waals surface area contributed by atoms with E-state index in [-0.39, 0.29) is 5.91 Å². The van der Waals surface area contributed by atoms with Crippen molar-refractivity contribution in [3.05, 3.63) is 18.2 Å². The van der Waals surface area contributed by atoms with Crippen LogP contribution >= 0.6 is 11.8 Å². The van der Waals surface area contributed by atoms with Crippen LogP contribution in [0.15, 0.2) is 18.2 Å². The lowest BCUT2D eigenvalue weighted by Gasteiger charge is -2.29. The zero-order chi connectivity index (χ0) is 14.5. The van der Waals surface area contributed by atoms with Crippen molar-refractivity contribution >= 4 is 29.0 Å². The minimum absolute atomic E-state index is 0.0343. The molecule has 0 spiro atoms. The molecule has 1 aliphatic rings. The third kappa shape index (κ3) is 4.05. The van der Waals surface area contributed by atoms with E-state index in [9.17, 15) is 4.79 Å². The van der Waals surface area contributed by atoms with Gasteiger partial charge in [-0.3, -0.25) is 9.69 Å². The molecule has 1 heterocycles. The molecule has 1 aromatic rings. The molecular weight excluding hydrogens is 274 g/mol. The van der Waals surface area contributed by atoms with Crippen LogP contribution in [0.2, 0.25) is 0 Å². The number of rotatable bonds is 4. The summed E-state index contributed by atoms with van der Waals surface area (Å²) in [4.78, 5) is 14.3. The average Bonchev–Trinajstić information content (AvgIpc) is 2.38. The van der Waals surface area contributed by atoms with Crippen molar-refractivity contribution in [1.82, 2.24) is 4.90 Å². The van der Waals surface area contributed by atoms with E-state index in [0.29, 0.717) is 28.9 Å². The maximum atomic E-state index is 12.1. The number of nitrogens with one attached hydrogen (secondary N) is 1. The largest absolute Gasteiger partial charge is 0.495 e. The van der Waals surface area contributed by atoms with Gasteiger partial charge in [0.15, 0.2) is 0 Å². The summed E-state index contributed by atoms with van der Waals surface area (Å²) < 4.78 is 5.22. The molecule has 1 aromatic carbocycles. The molecule has 1 amide bonds. The van der Waals surface area contributed by atoms with Gasteiger partial charge in [-0.15, -0.1) is 0 Å². The van der Waals surface area contributed by atoms with Gasteiger partial charge >= 0.3 is 0 Å². The highest BCUT2D eigenvalue weighted by atomic mass is 32.2. The molecule has 1 saturated heterocycles. The van der Waals surface area contributed by atoms with Crippen LogP contribution < -0.4 is 15.8 Å². The number of hydrogen-bond donors (Lipinski definition) is 2. The lowest BCUT2D eigenvalue weighted by Crippen LogP contribution is -2.41. The van der Waals surface area contributed by atoms with E-state index in [4.69, 9.17) is 10.5 Å². The number of amides is 1. The Balaban J connectivity index is 1.95. The van der Waals surface area contributed by atoms with Crippen molar-refractivity contribution in [3.8, 4) is 5.75 Å². The fraction of sp³-hybridized carbons (Fsp3) is 0.500. The van der Waals surface area contributed by atoms with Crippen LogP contribution in [0, 0.1) is 0 Å². The highest BCUT2D eigenvalue weighted by Gasteiger charge is 2.19. The molecule has 0 saturated carbocycles. The van der Waals surface area contributed by atoms with Crippen LogP contribution in [0.4, 0.5) is 11.4 Å². The third-order valence-corrected chi connectivity index (χ3v) is 4.33. The number of anilines is 2. The number of nitrogens with zero attached hydrogens (tertiary/aromatic N) is 1. The van der Waals surface area contributed by atoms with Crippen molar-refractivity contribution in [3.63, 3.8) is 0 Å². The Hall–Kier alpha value is -1.40. The zero-order valence-electron chi connectivity index (χ0n) is 11.9. The Morgan fingerprint density at radius 1 is 1.60 bits per heavy atom. The van der Waals surface area contributed by atoms with Crippen LogP contribution in [-0.2, 0) is 4.79 Å². The molecule has 1 fully saturated rings. The summed E-state index contributed by atoms with van der Waals surface area (Å²) in [7, 11) is 1.57. The Morgan fingerprint density at radius 2 is 2.40 bits per heavy atom. The normalized spacial score (nSPS) is 19.6. The minimum Gasteiger partial charge on any atom is -0.495 e. The lowest BCUT2D eigenvalue weighted by atomic mass is 10.2. The standard InChI is InChI=1S/C14H21N3O2S/c1-10-8-17(5-6-20-10)9-14(18)16-12-7-11(15)3-4-13(12)19-2/h3-4,7,10H,5-6,8-9,15H2,1-2H3,(H,16,18). The monoisotopic (exact) mass is 295 g/mol. The van der Waals surface area contributed by atoms with Gasteiger partial charge in [-0.2, -0.15) is 11.8 Å². The Kier molecular flexibility index (Phi) is 5.14. The second-order valence-corrected chi connectivity index (χ2v) is 6.47. The third-order valence-electron chi connectivity index (χ3n) is 3.19. The zero-order valence-corrected chi connectivity index (χ0v) is 12.7. The van der Waals surface area contributed by atoms with Gasteiger partial charge in [-0.05, 0) is 18.2 Å². The van der Waals surface area contributed by atoms with Gasteiger partial charge in [0.1, 0.15) is 5.75 Å². The molecule has 2 rings (SSSR count). The van der Waals surface area contributed by atoms with Gasteiger partial charge in [0.05, 0.1) is 19.3 Å². The number of benzene rings is 1. The highest BCUT2D eigenvalue weighted by Crippen LogP contribution is 2.26. The van der Waals surface area contributed by atoms with E-state index in [1.807, 2.05) is 11.8 Å². The highest BCUT2D eigenvalue weighted by molar-refractivity contribution is 7.99. The van der Waals surface area contributed by atoms with Gasteiger partial charge in [0.25, 0.3) is 0 Å². The van der Waals surface area contributed by atoms with E-state index in [1.165, 1.54) is 0 Å². The predicted octanol–water partition coefficient (Wildman–Crippen LogP) is 1.65. The maximum absolute atomic E-state index is 12.1. The number of hydrogen-bond acceptors (Lipinski definition) is 5. The molecular formula is C14H21N3O2S. The second kappa shape index (κ2) is 6.85. The molecule has 0 radical (unpaired) electrons. The Morgan fingerprint density at radius 3 is 3.10 bits per heavy atom. The number of carbonyl (C=O) groups excluding carboxylic acids is 1. The van der Waals surface area contributed by atoms with Gasteiger partial charge in [-0.1, -0.05) is 6.92 Å². The molecule has 0 aliphatic carbocycles. The quantitative estimate of drug-likeness (QED) is 0.827. The summed E-state index contributed by atoms with van der Waals surface area (Å²) in [5.74, 6) is 1.67. The molecule has 3 N–H and O–H groups in total. The van der Waals surface area contributed by atoms with Crippen LogP contribution in [0.25, 0.3) is 0 Å². The van der Waals surface area contributed by atoms with Crippen LogP contribution in [0.3, 0.4) is 0 Å². The summed E-state index contributed by atoms with van der Waals surface area (Å²) >= 11 is 1.95. The first-order valence-electron chi connectivity index (χ1n) is 6.66. The fourth-order valence-corrected chi connectivity index (χ4v) is 3.33. The first-order chi connectivity index (χ1) is 9.58. The molecule has 0 aromatic heterocycles. The minimum atomic E-state index is -0.0343. The van der Waals surface area contributed by atoms with E-state index in [0.717, 1.165) is 18.8 Å². The van der Waals surface area contributed by atoms with Crippen molar-refractivity contribution in [2.75, 3.05) is 43.5 Å². The van der Waals surface area contributed by atoms with Crippen molar-refractivity contribution < 1.29 is 9.53 Å². The summed E-state index contributed by atoms with van der Waals surface area (Å²) in [5, 5.41) is 3.45. The molecule has 0 bridgehead atoms.